The molecule has 23 heavy (non-hydrogen) atoms. The number of carbonyl (C=O) groups excluding carboxylic acids is 2. The molecule has 0 aliphatic rings. The van der Waals surface area contributed by atoms with Crippen molar-refractivity contribution in [2.24, 2.45) is 5.92 Å². The average molecular weight is 334 g/mol. The van der Waals surface area contributed by atoms with E-state index in [4.69, 9.17) is 4.42 Å². The zero-order valence-electron chi connectivity index (χ0n) is 13.9. The molecule has 0 saturated heterocycles. The maximum atomic E-state index is 12.4. The third kappa shape index (κ3) is 4.45. The molecule has 0 radical (unpaired) electrons. The molecule has 0 bridgehead atoms. The lowest BCUT2D eigenvalue weighted by molar-refractivity contribution is -0.124. The second-order valence-corrected chi connectivity index (χ2v) is 6.83. The summed E-state index contributed by atoms with van der Waals surface area (Å²) < 4.78 is 5.57. The van der Waals surface area contributed by atoms with Crippen LogP contribution < -0.4 is 5.32 Å². The monoisotopic (exact) mass is 334 g/mol. The van der Waals surface area contributed by atoms with Crippen molar-refractivity contribution >= 4 is 23.2 Å². The predicted octanol–water partition coefficient (Wildman–Crippen LogP) is 3.16. The van der Waals surface area contributed by atoms with Gasteiger partial charge in [-0.3, -0.25) is 9.59 Å². The van der Waals surface area contributed by atoms with Gasteiger partial charge in [0.1, 0.15) is 11.5 Å². The van der Waals surface area contributed by atoms with Gasteiger partial charge in [-0.15, -0.1) is 11.3 Å². The summed E-state index contributed by atoms with van der Waals surface area (Å²) in [5.41, 5.74) is 0. The van der Waals surface area contributed by atoms with Gasteiger partial charge in [-0.1, -0.05) is 13.8 Å². The molecule has 0 saturated carbocycles. The summed E-state index contributed by atoms with van der Waals surface area (Å²) in [6, 6.07) is 7.51. The van der Waals surface area contributed by atoms with Crippen molar-refractivity contribution in [3.8, 4) is 10.6 Å². The van der Waals surface area contributed by atoms with Crippen LogP contribution in [0.2, 0.25) is 0 Å². The highest BCUT2D eigenvalue weighted by atomic mass is 32.1. The first-order valence-corrected chi connectivity index (χ1v) is 8.40. The van der Waals surface area contributed by atoms with Gasteiger partial charge >= 0.3 is 0 Å². The third-order valence-electron chi connectivity index (χ3n) is 3.42. The molecule has 0 aliphatic heterocycles. The van der Waals surface area contributed by atoms with Crippen LogP contribution in [-0.4, -0.2) is 36.9 Å². The van der Waals surface area contributed by atoms with E-state index in [1.165, 1.54) is 11.3 Å². The molecule has 1 N–H and O–H groups in total. The number of nitrogens with zero attached hydrogens (tertiary/aromatic N) is 1. The van der Waals surface area contributed by atoms with Gasteiger partial charge in [-0.05, 0) is 31.2 Å². The Balaban J connectivity index is 1.92. The molecule has 0 unspecified atom stereocenters. The van der Waals surface area contributed by atoms with E-state index in [0.717, 1.165) is 16.4 Å². The van der Waals surface area contributed by atoms with Gasteiger partial charge in [0.15, 0.2) is 0 Å². The Bertz CT molecular complexity index is 688. The number of hydrogen-bond acceptors (Lipinski definition) is 4. The summed E-state index contributed by atoms with van der Waals surface area (Å²) in [7, 11) is 1.74. The molecule has 2 rings (SSSR count). The lowest BCUT2D eigenvalue weighted by Crippen LogP contribution is -2.37. The highest BCUT2D eigenvalue weighted by Crippen LogP contribution is 2.30. The minimum Gasteiger partial charge on any atom is -0.461 e. The van der Waals surface area contributed by atoms with Gasteiger partial charge in [-0.2, -0.15) is 0 Å². The summed E-state index contributed by atoms with van der Waals surface area (Å²) in [4.78, 5) is 27.1. The number of aryl methyl sites for hydroxylation is 1. The van der Waals surface area contributed by atoms with Crippen LogP contribution in [0.3, 0.4) is 0 Å². The van der Waals surface area contributed by atoms with Gasteiger partial charge < -0.3 is 14.6 Å². The Labute approximate surface area is 140 Å². The number of rotatable bonds is 6. The van der Waals surface area contributed by atoms with E-state index in [0.29, 0.717) is 18.0 Å². The van der Waals surface area contributed by atoms with Gasteiger partial charge in [0.25, 0.3) is 5.91 Å². The molecule has 2 heterocycles. The van der Waals surface area contributed by atoms with Crippen molar-refractivity contribution in [1.82, 2.24) is 10.2 Å². The van der Waals surface area contributed by atoms with E-state index < -0.39 is 0 Å². The Hall–Kier alpha value is -2.08. The first-order valence-electron chi connectivity index (χ1n) is 7.58. The molecule has 0 fully saturated rings. The van der Waals surface area contributed by atoms with Crippen molar-refractivity contribution < 1.29 is 14.0 Å². The smallest absolute Gasteiger partial charge is 0.263 e. The zero-order valence-corrected chi connectivity index (χ0v) is 14.7. The quantitative estimate of drug-likeness (QED) is 0.882. The summed E-state index contributed by atoms with van der Waals surface area (Å²) in [5.74, 6) is 1.52. The minimum atomic E-state index is -0.0525. The molecule has 124 valence electrons. The van der Waals surface area contributed by atoms with E-state index in [-0.39, 0.29) is 17.7 Å². The summed E-state index contributed by atoms with van der Waals surface area (Å²) >= 11 is 1.41. The van der Waals surface area contributed by atoms with Crippen LogP contribution in [0, 0.1) is 12.8 Å². The predicted molar refractivity (Wildman–Crippen MR) is 91.6 cm³/mol. The van der Waals surface area contributed by atoms with Crippen LogP contribution in [0.15, 0.2) is 28.7 Å². The van der Waals surface area contributed by atoms with Crippen molar-refractivity contribution in [3.05, 3.63) is 34.9 Å². The van der Waals surface area contributed by atoms with Crippen LogP contribution >= 0.6 is 11.3 Å². The first kappa shape index (κ1) is 17.3. The number of furan rings is 1. The Morgan fingerprint density at radius 1 is 1.26 bits per heavy atom. The van der Waals surface area contributed by atoms with Crippen LogP contribution in [-0.2, 0) is 4.79 Å². The minimum absolute atomic E-state index is 0.00236. The molecule has 5 nitrogen and oxygen atoms in total. The summed E-state index contributed by atoms with van der Waals surface area (Å²) in [5, 5.41) is 2.81. The number of thiophene rings is 1. The highest BCUT2D eigenvalue weighted by molar-refractivity contribution is 7.17. The number of amides is 2. The molecule has 0 spiro atoms. The molecule has 6 heteroatoms. The first-order chi connectivity index (χ1) is 10.9. The molecule has 0 aliphatic carbocycles. The number of likely N-dealkylation sites (N-methyl/N-ethyl adjacent to an activating group) is 1. The largest absolute Gasteiger partial charge is 0.461 e. The molecule has 2 aromatic heterocycles. The van der Waals surface area contributed by atoms with Crippen molar-refractivity contribution in [2.75, 3.05) is 20.1 Å². The average Bonchev–Trinajstić information content (AvgIpc) is 3.14. The molecule has 0 aromatic carbocycles. The Morgan fingerprint density at radius 3 is 2.61 bits per heavy atom. The molecule has 2 aromatic rings. The van der Waals surface area contributed by atoms with Gasteiger partial charge in [0.2, 0.25) is 5.91 Å². The lowest BCUT2D eigenvalue weighted by atomic mass is 10.2. The third-order valence-corrected chi connectivity index (χ3v) is 4.51. The Kier molecular flexibility index (Phi) is 5.60. The van der Waals surface area contributed by atoms with Crippen molar-refractivity contribution in [3.63, 3.8) is 0 Å². The normalized spacial score (nSPS) is 10.8. The standard InChI is InChI=1S/C17H22N2O3S/c1-11(2)16(20)18-9-10-19(4)17(21)15-8-7-14(23-15)13-6-5-12(3)22-13/h5-8,11H,9-10H2,1-4H3,(H,18,20). The van der Waals surface area contributed by atoms with Crippen LogP contribution in [0.4, 0.5) is 0 Å². The molecule has 2 amide bonds. The second-order valence-electron chi connectivity index (χ2n) is 5.75. The lowest BCUT2D eigenvalue weighted by Gasteiger charge is -2.17. The Morgan fingerprint density at radius 2 is 2.00 bits per heavy atom. The second kappa shape index (κ2) is 7.46. The molecular weight excluding hydrogens is 312 g/mol. The SMILES string of the molecule is Cc1ccc(-c2ccc(C(=O)N(C)CCNC(=O)C(C)C)s2)o1. The number of nitrogens with one attached hydrogen (secondary N) is 1. The summed E-state index contributed by atoms with van der Waals surface area (Å²) in [6.45, 7) is 6.50. The van der Waals surface area contributed by atoms with Crippen LogP contribution in [0.1, 0.15) is 29.3 Å². The van der Waals surface area contributed by atoms with Crippen molar-refractivity contribution in [2.45, 2.75) is 20.8 Å². The number of carbonyl (C=O) groups is 2. The van der Waals surface area contributed by atoms with E-state index >= 15 is 0 Å². The molecular formula is C17H22N2O3S. The van der Waals surface area contributed by atoms with Crippen molar-refractivity contribution in [1.29, 1.82) is 0 Å². The maximum Gasteiger partial charge on any atom is 0.263 e. The van der Waals surface area contributed by atoms with E-state index in [1.807, 2.05) is 45.0 Å². The topological polar surface area (TPSA) is 62.6 Å². The van der Waals surface area contributed by atoms with Gasteiger partial charge in [0, 0.05) is 26.1 Å². The fourth-order valence-corrected chi connectivity index (χ4v) is 2.96. The zero-order chi connectivity index (χ0) is 17.0. The van der Waals surface area contributed by atoms with E-state index in [1.54, 1.807) is 11.9 Å². The maximum absolute atomic E-state index is 12.4. The van der Waals surface area contributed by atoms with Gasteiger partial charge in [-0.25, -0.2) is 0 Å². The van der Waals surface area contributed by atoms with Crippen LogP contribution in [0.25, 0.3) is 10.6 Å². The molecule has 0 atom stereocenters. The van der Waals surface area contributed by atoms with Gasteiger partial charge in [0.05, 0.1) is 9.75 Å². The highest BCUT2D eigenvalue weighted by Gasteiger charge is 2.16. The van der Waals surface area contributed by atoms with Crippen LogP contribution in [0.5, 0.6) is 0 Å². The fourth-order valence-electron chi connectivity index (χ4n) is 1.99. The fraction of sp³-hybridized carbons (Fsp3) is 0.412. The van der Waals surface area contributed by atoms with E-state index in [9.17, 15) is 9.59 Å². The summed E-state index contributed by atoms with van der Waals surface area (Å²) in [6.07, 6.45) is 0. The number of hydrogen-bond donors (Lipinski definition) is 1. The van der Waals surface area contributed by atoms with E-state index in [2.05, 4.69) is 5.32 Å².